The van der Waals surface area contributed by atoms with Crippen LogP contribution in [0.1, 0.15) is 12.0 Å². The molecule has 0 amide bonds. The predicted octanol–water partition coefficient (Wildman–Crippen LogP) is 2.01. The van der Waals surface area contributed by atoms with E-state index in [0.717, 1.165) is 11.4 Å². The second-order valence-corrected chi connectivity index (χ2v) is 4.38. The highest BCUT2D eigenvalue weighted by Crippen LogP contribution is 2.33. The zero-order chi connectivity index (χ0) is 13.4. The van der Waals surface area contributed by atoms with E-state index in [1.807, 2.05) is 24.3 Å². The molecule has 2 N–H and O–H groups in total. The quantitative estimate of drug-likeness (QED) is 0.739. The van der Waals surface area contributed by atoms with Gasteiger partial charge in [-0.15, -0.1) is 0 Å². The van der Waals surface area contributed by atoms with E-state index in [1.165, 1.54) is 0 Å². The first-order chi connectivity index (χ1) is 9.90. The van der Waals surface area contributed by atoms with E-state index < -0.39 is 0 Å². The number of hydrogen-bond acceptors (Lipinski definition) is 6. The molecular weight excluding hydrogens is 258 g/mol. The number of para-hydroxylation sites is 2. The number of anilines is 1. The van der Waals surface area contributed by atoms with Crippen LogP contribution in [0.4, 0.5) is 5.69 Å². The van der Waals surface area contributed by atoms with Crippen molar-refractivity contribution in [2.75, 3.05) is 11.9 Å². The zero-order valence-corrected chi connectivity index (χ0v) is 10.4. The molecule has 7 heteroatoms. The second-order valence-electron chi connectivity index (χ2n) is 4.38. The molecule has 4 rings (SSSR count). The summed E-state index contributed by atoms with van der Waals surface area (Å²) in [7, 11) is 0. The van der Waals surface area contributed by atoms with E-state index in [1.54, 1.807) is 12.4 Å². The number of fused-ring (bicyclic) bond motifs is 1. The molecule has 0 radical (unpaired) electrons. The van der Waals surface area contributed by atoms with Gasteiger partial charge in [-0.2, -0.15) is 4.98 Å². The van der Waals surface area contributed by atoms with Gasteiger partial charge >= 0.3 is 0 Å². The van der Waals surface area contributed by atoms with Crippen molar-refractivity contribution in [2.45, 2.75) is 6.10 Å². The molecular formula is C13H11N5O2. The molecule has 1 aromatic carbocycles. The molecule has 7 nitrogen and oxygen atoms in total. The third kappa shape index (κ3) is 1.80. The molecule has 0 fully saturated rings. The smallest absolute Gasteiger partial charge is 0.269 e. The number of hydrogen-bond donors (Lipinski definition) is 2. The molecule has 0 bridgehead atoms. The van der Waals surface area contributed by atoms with Gasteiger partial charge in [0, 0.05) is 12.4 Å². The number of ether oxygens (including phenoxy) is 1. The molecule has 0 saturated heterocycles. The Bertz CT molecular complexity index is 722. The van der Waals surface area contributed by atoms with Crippen molar-refractivity contribution >= 4 is 5.69 Å². The van der Waals surface area contributed by atoms with E-state index >= 15 is 0 Å². The second kappa shape index (κ2) is 4.37. The van der Waals surface area contributed by atoms with Crippen molar-refractivity contribution in [3.63, 3.8) is 0 Å². The fourth-order valence-corrected chi connectivity index (χ4v) is 2.10. The maximum atomic E-state index is 5.86. The summed E-state index contributed by atoms with van der Waals surface area (Å²) >= 11 is 0. The van der Waals surface area contributed by atoms with E-state index in [4.69, 9.17) is 9.26 Å². The normalized spacial score (nSPS) is 17.1. The molecule has 1 atom stereocenters. The molecule has 0 spiro atoms. The van der Waals surface area contributed by atoms with E-state index in [-0.39, 0.29) is 6.10 Å². The molecule has 3 heterocycles. The van der Waals surface area contributed by atoms with Crippen LogP contribution in [0.5, 0.6) is 5.75 Å². The number of H-pyrrole nitrogens is 1. The van der Waals surface area contributed by atoms with Gasteiger partial charge in [0.25, 0.3) is 5.89 Å². The van der Waals surface area contributed by atoms with Crippen LogP contribution in [0.2, 0.25) is 0 Å². The Morgan fingerprint density at radius 2 is 2.20 bits per heavy atom. The highest BCUT2D eigenvalue weighted by atomic mass is 16.5. The first kappa shape index (κ1) is 11.0. The van der Waals surface area contributed by atoms with Gasteiger partial charge in [-0.25, -0.2) is 4.98 Å². The summed E-state index contributed by atoms with van der Waals surface area (Å²) in [4.78, 5) is 11.3. The van der Waals surface area contributed by atoms with Gasteiger partial charge in [0.1, 0.15) is 5.75 Å². The van der Waals surface area contributed by atoms with Gasteiger partial charge in [0.15, 0.2) is 11.9 Å². The first-order valence-corrected chi connectivity index (χ1v) is 6.23. The summed E-state index contributed by atoms with van der Waals surface area (Å²) in [5.74, 6) is 2.21. The van der Waals surface area contributed by atoms with Crippen molar-refractivity contribution in [2.24, 2.45) is 0 Å². The number of nitrogens with zero attached hydrogens (tertiary/aromatic N) is 3. The van der Waals surface area contributed by atoms with Gasteiger partial charge in [0.2, 0.25) is 5.82 Å². The molecule has 0 saturated carbocycles. The summed E-state index contributed by atoms with van der Waals surface area (Å²) in [5.41, 5.74) is 0.967. The van der Waals surface area contributed by atoms with Crippen LogP contribution < -0.4 is 10.1 Å². The molecule has 100 valence electrons. The zero-order valence-electron chi connectivity index (χ0n) is 10.4. The van der Waals surface area contributed by atoms with Gasteiger partial charge < -0.3 is 19.6 Å². The molecule has 0 aliphatic carbocycles. The van der Waals surface area contributed by atoms with Gasteiger partial charge in [-0.3, -0.25) is 0 Å². The highest BCUT2D eigenvalue weighted by Gasteiger charge is 2.26. The largest absolute Gasteiger partial charge is 0.477 e. The van der Waals surface area contributed by atoms with Gasteiger partial charge in [0.05, 0.1) is 12.2 Å². The van der Waals surface area contributed by atoms with E-state index in [9.17, 15) is 0 Å². The fraction of sp³-hybridized carbons (Fsp3) is 0.154. The predicted molar refractivity (Wildman–Crippen MR) is 70.2 cm³/mol. The minimum Gasteiger partial charge on any atom is -0.477 e. The Labute approximate surface area is 114 Å². The minimum atomic E-state index is -0.305. The number of aromatic nitrogens is 4. The third-order valence-corrected chi connectivity index (χ3v) is 3.06. The number of imidazole rings is 1. The standard InChI is InChI=1S/C13H11N5O2/c1-2-4-9-8(3-1)16-7-10(19-9)13-17-12(18-20-13)11-14-5-6-15-11/h1-6,10,16H,7H2,(H,14,15). The molecule has 1 aliphatic rings. The SMILES string of the molecule is c1ccc2c(c1)NCC(c1nc(-c3ncc[nH]3)no1)O2. The van der Waals surface area contributed by atoms with Crippen molar-refractivity contribution in [3.05, 3.63) is 42.5 Å². The Morgan fingerprint density at radius 1 is 1.25 bits per heavy atom. The van der Waals surface area contributed by atoms with Crippen molar-refractivity contribution in [1.82, 2.24) is 20.1 Å². The van der Waals surface area contributed by atoms with Crippen LogP contribution in [0.15, 0.2) is 41.2 Å². The lowest BCUT2D eigenvalue weighted by molar-refractivity contribution is 0.163. The summed E-state index contributed by atoms with van der Waals surface area (Å²) in [6.07, 6.45) is 3.04. The third-order valence-electron chi connectivity index (χ3n) is 3.06. The van der Waals surface area contributed by atoms with Crippen LogP contribution >= 0.6 is 0 Å². The Kier molecular flexibility index (Phi) is 2.41. The van der Waals surface area contributed by atoms with E-state index in [0.29, 0.717) is 24.1 Å². The van der Waals surface area contributed by atoms with Crippen molar-refractivity contribution in [3.8, 4) is 17.4 Å². The Balaban J connectivity index is 1.60. The Hall–Kier alpha value is -2.83. The van der Waals surface area contributed by atoms with Crippen LogP contribution in [-0.4, -0.2) is 26.7 Å². The van der Waals surface area contributed by atoms with Crippen molar-refractivity contribution in [1.29, 1.82) is 0 Å². The summed E-state index contributed by atoms with van der Waals surface area (Å²) < 4.78 is 11.1. The monoisotopic (exact) mass is 269 g/mol. The first-order valence-electron chi connectivity index (χ1n) is 6.23. The number of nitrogens with one attached hydrogen (secondary N) is 2. The van der Waals surface area contributed by atoms with Gasteiger partial charge in [-0.05, 0) is 12.1 Å². The fourth-order valence-electron chi connectivity index (χ4n) is 2.10. The molecule has 1 aliphatic heterocycles. The molecule has 1 unspecified atom stereocenters. The highest BCUT2D eigenvalue weighted by molar-refractivity contribution is 5.57. The van der Waals surface area contributed by atoms with Gasteiger partial charge in [-0.1, -0.05) is 17.3 Å². The number of aromatic amines is 1. The minimum absolute atomic E-state index is 0.305. The summed E-state index contributed by atoms with van der Waals surface area (Å²) in [6, 6.07) is 7.74. The van der Waals surface area contributed by atoms with Crippen LogP contribution in [0, 0.1) is 0 Å². The average molecular weight is 269 g/mol. The summed E-state index contributed by atoms with van der Waals surface area (Å²) in [6.45, 7) is 0.580. The number of benzene rings is 1. The topological polar surface area (TPSA) is 88.9 Å². The molecule has 2 aromatic heterocycles. The Morgan fingerprint density at radius 3 is 3.10 bits per heavy atom. The maximum Gasteiger partial charge on any atom is 0.269 e. The van der Waals surface area contributed by atoms with Crippen LogP contribution in [0.3, 0.4) is 0 Å². The molecule has 20 heavy (non-hydrogen) atoms. The number of rotatable bonds is 2. The molecule has 3 aromatic rings. The lowest BCUT2D eigenvalue weighted by Gasteiger charge is -2.24. The summed E-state index contributed by atoms with van der Waals surface area (Å²) in [5, 5.41) is 7.18. The van der Waals surface area contributed by atoms with Crippen LogP contribution in [0.25, 0.3) is 11.6 Å². The lowest BCUT2D eigenvalue weighted by Crippen LogP contribution is -2.23. The van der Waals surface area contributed by atoms with E-state index in [2.05, 4.69) is 25.4 Å². The van der Waals surface area contributed by atoms with Crippen molar-refractivity contribution < 1.29 is 9.26 Å². The maximum absolute atomic E-state index is 5.86. The van der Waals surface area contributed by atoms with Crippen LogP contribution in [-0.2, 0) is 0 Å². The lowest BCUT2D eigenvalue weighted by atomic mass is 10.2. The average Bonchev–Trinajstić information content (AvgIpc) is 3.17.